The van der Waals surface area contributed by atoms with Crippen molar-refractivity contribution in [1.82, 2.24) is 5.32 Å². The Morgan fingerprint density at radius 3 is 3.08 bits per heavy atom. The summed E-state index contributed by atoms with van der Waals surface area (Å²) in [6.07, 6.45) is 2.67. The minimum Gasteiger partial charge on any atom is -0.481 e. The third-order valence-electron chi connectivity index (χ3n) is 2.35. The van der Waals surface area contributed by atoms with Gasteiger partial charge in [-0.3, -0.25) is 4.79 Å². The Morgan fingerprint density at radius 1 is 1.69 bits per heavy atom. The Hall–Kier alpha value is -0.220. The fourth-order valence-electron chi connectivity index (χ4n) is 1.56. The maximum Gasteiger partial charge on any atom is 0.304 e. The van der Waals surface area contributed by atoms with Gasteiger partial charge in [0.05, 0.1) is 6.42 Å². The van der Waals surface area contributed by atoms with E-state index in [2.05, 4.69) is 12.2 Å². The molecule has 2 unspecified atom stereocenters. The zero-order chi connectivity index (χ0) is 9.68. The monoisotopic (exact) mass is 203 g/mol. The van der Waals surface area contributed by atoms with E-state index in [1.165, 1.54) is 18.6 Å². The van der Waals surface area contributed by atoms with Crippen LogP contribution in [0, 0.1) is 0 Å². The topological polar surface area (TPSA) is 49.3 Å². The van der Waals surface area contributed by atoms with Crippen LogP contribution in [0.25, 0.3) is 0 Å². The van der Waals surface area contributed by atoms with Gasteiger partial charge in [-0.2, -0.15) is 11.8 Å². The highest BCUT2D eigenvalue weighted by Gasteiger charge is 2.20. The van der Waals surface area contributed by atoms with Gasteiger partial charge in [-0.15, -0.1) is 0 Å². The molecule has 0 bridgehead atoms. The van der Waals surface area contributed by atoms with Crippen molar-refractivity contribution in [3.8, 4) is 0 Å². The van der Waals surface area contributed by atoms with Crippen LogP contribution in [-0.2, 0) is 4.79 Å². The number of hydrogen-bond acceptors (Lipinski definition) is 3. The molecule has 0 spiro atoms. The lowest BCUT2D eigenvalue weighted by Gasteiger charge is -2.29. The molecule has 0 aromatic heterocycles. The molecule has 13 heavy (non-hydrogen) atoms. The van der Waals surface area contributed by atoms with Crippen LogP contribution in [0.2, 0.25) is 0 Å². The fourth-order valence-corrected chi connectivity index (χ4v) is 2.73. The second kappa shape index (κ2) is 5.50. The average Bonchev–Trinajstić information content (AvgIpc) is 2.08. The van der Waals surface area contributed by atoms with Crippen molar-refractivity contribution in [3.05, 3.63) is 0 Å². The van der Waals surface area contributed by atoms with Crippen LogP contribution >= 0.6 is 11.8 Å². The van der Waals surface area contributed by atoms with Crippen LogP contribution in [0.1, 0.15) is 26.2 Å². The van der Waals surface area contributed by atoms with E-state index in [9.17, 15) is 4.79 Å². The second-order valence-corrected chi connectivity index (χ2v) is 4.91. The van der Waals surface area contributed by atoms with Gasteiger partial charge in [0, 0.05) is 17.8 Å². The number of carboxylic acids is 1. The van der Waals surface area contributed by atoms with Crippen LogP contribution in [0.4, 0.5) is 0 Å². The summed E-state index contributed by atoms with van der Waals surface area (Å²) in [5, 5.41) is 12.4. The Balaban J connectivity index is 2.15. The number of thioether (sulfide) groups is 1. The molecule has 0 aliphatic carbocycles. The Bertz CT molecular complexity index is 175. The quantitative estimate of drug-likeness (QED) is 0.724. The third-order valence-corrected chi connectivity index (χ3v) is 3.73. The number of hydrogen-bond donors (Lipinski definition) is 2. The van der Waals surface area contributed by atoms with Gasteiger partial charge in [-0.05, 0) is 18.6 Å². The number of rotatable bonds is 4. The van der Waals surface area contributed by atoms with Gasteiger partial charge >= 0.3 is 5.97 Å². The summed E-state index contributed by atoms with van der Waals surface area (Å²) in [6.45, 7) is 2.81. The first-order valence-electron chi connectivity index (χ1n) is 4.77. The Morgan fingerprint density at radius 2 is 2.46 bits per heavy atom. The Labute approximate surface area is 83.3 Å². The van der Waals surface area contributed by atoms with Crippen LogP contribution in [0.3, 0.4) is 0 Å². The lowest BCUT2D eigenvalue weighted by Crippen LogP contribution is -2.40. The maximum absolute atomic E-state index is 10.3. The minimum absolute atomic E-state index is 0.230. The molecule has 1 rings (SSSR count). The largest absolute Gasteiger partial charge is 0.481 e. The van der Waals surface area contributed by atoms with Crippen molar-refractivity contribution in [2.24, 2.45) is 0 Å². The van der Waals surface area contributed by atoms with Crippen LogP contribution in [0.5, 0.6) is 0 Å². The number of nitrogens with one attached hydrogen (secondary N) is 1. The first-order valence-corrected chi connectivity index (χ1v) is 5.82. The molecule has 76 valence electrons. The van der Waals surface area contributed by atoms with Gasteiger partial charge in [0.15, 0.2) is 0 Å². The molecule has 1 saturated heterocycles. The van der Waals surface area contributed by atoms with Crippen molar-refractivity contribution in [3.63, 3.8) is 0 Å². The van der Waals surface area contributed by atoms with E-state index in [0.29, 0.717) is 17.8 Å². The summed E-state index contributed by atoms with van der Waals surface area (Å²) >= 11 is 1.98. The van der Waals surface area contributed by atoms with Gasteiger partial charge < -0.3 is 10.4 Å². The SMILES string of the molecule is CC1SCCCC1NCCC(=O)O. The van der Waals surface area contributed by atoms with E-state index in [4.69, 9.17) is 5.11 Å². The standard InChI is InChI=1S/C9H17NO2S/c1-7-8(3-2-6-13-7)10-5-4-9(11)12/h7-8,10H,2-6H2,1H3,(H,11,12). The second-order valence-electron chi connectivity index (χ2n) is 3.42. The maximum atomic E-state index is 10.3. The zero-order valence-electron chi connectivity index (χ0n) is 7.95. The molecule has 2 atom stereocenters. The van der Waals surface area contributed by atoms with E-state index in [-0.39, 0.29) is 6.42 Å². The summed E-state index contributed by atoms with van der Waals surface area (Å²) in [7, 11) is 0. The molecule has 4 heteroatoms. The van der Waals surface area contributed by atoms with Gasteiger partial charge in [-0.25, -0.2) is 0 Å². The van der Waals surface area contributed by atoms with Crippen molar-refractivity contribution in [2.75, 3.05) is 12.3 Å². The highest BCUT2D eigenvalue weighted by molar-refractivity contribution is 7.99. The smallest absolute Gasteiger partial charge is 0.304 e. The van der Waals surface area contributed by atoms with Gasteiger partial charge in [0.25, 0.3) is 0 Å². The Kier molecular flexibility index (Phi) is 4.59. The first kappa shape index (κ1) is 10.9. The van der Waals surface area contributed by atoms with Crippen molar-refractivity contribution in [2.45, 2.75) is 37.5 Å². The third kappa shape index (κ3) is 4.00. The first-order chi connectivity index (χ1) is 6.20. The molecule has 0 saturated carbocycles. The summed E-state index contributed by atoms with van der Waals surface area (Å²) in [5.41, 5.74) is 0. The fraction of sp³-hybridized carbons (Fsp3) is 0.889. The van der Waals surface area contributed by atoms with E-state index >= 15 is 0 Å². The number of aliphatic carboxylic acids is 1. The molecule has 0 amide bonds. The van der Waals surface area contributed by atoms with Gasteiger partial charge in [0.2, 0.25) is 0 Å². The summed E-state index contributed by atoms with van der Waals surface area (Å²) in [5.74, 6) is 0.529. The highest BCUT2D eigenvalue weighted by atomic mass is 32.2. The highest BCUT2D eigenvalue weighted by Crippen LogP contribution is 2.24. The molecular formula is C9H17NO2S. The van der Waals surface area contributed by atoms with Crippen molar-refractivity contribution in [1.29, 1.82) is 0 Å². The number of carbonyl (C=O) groups is 1. The van der Waals surface area contributed by atoms with Crippen molar-refractivity contribution < 1.29 is 9.90 Å². The van der Waals surface area contributed by atoms with Crippen molar-refractivity contribution >= 4 is 17.7 Å². The summed E-state index contributed by atoms with van der Waals surface area (Å²) < 4.78 is 0. The molecule has 3 nitrogen and oxygen atoms in total. The van der Waals surface area contributed by atoms with E-state index in [1.54, 1.807) is 0 Å². The predicted octanol–water partition coefficient (Wildman–Crippen LogP) is 1.33. The zero-order valence-corrected chi connectivity index (χ0v) is 8.77. The molecule has 0 aromatic rings. The summed E-state index contributed by atoms with van der Waals surface area (Å²) in [4.78, 5) is 10.3. The lowest BCUT2D eigenvalue weighted by atomic mass is 10.1. The molecule has 1 aliphatic rings. The molecule has 2 N–H and O–H groups in total. The normalized spacial score (nSPS) is 28.7. The van der Waals surface area contributed by atoms with E-state index in [0.717, 1.165) is 0 Å². The van der Waals surface area contributed by atoms with E-state index in [1.807, 2.05) is 11.8 Å². The molecular weight excluding hydrogens is 186 g/mol. The molecule has 1 fully saturated rings. The van der Waals surface area contributed by atoms with Crippen LogP contribution < -0.4 is 5.32 Å². The number of carboxylic acid groups (broad SMARTS) is 1. The lowest BCUT2D eigenvalue weighted by molar-refractivity contribution is -0.136. The van der Waals surface area contributed by atoms with Crippen LogP contribution in [0.15, 0.2) is 0 Å². The minimum atomic E-state index is -0.719. The van der Waals surface area contributed by atoms with Gasteiger partial charge in [-0.1, -0.05) is 6.92 Å². The molecule has 0 radical (unpaired) electrons. The van der Waals surface area contributed by atoms with Gasteiger partial charge in [0.1, 0.15) is 0 Å². The van der Waals surface area contributed by atoms with E-state index < -0.39 is 5.97 Å². The molecule has 1 aliphatic heterocycles. The average molecular weight is 203 g/mol. The molecule has 1 heterocycles. The van der Waals surface area contributed by atoms with Crippen LogP contribution in [-0.4, -0.2) is 34.7 Å². The summed E-state index contributed by atoms with van der Waals surface area (Å²) in [6, 6.07) is 0.512. The molecule has 0 aromatic carbocycles. The predicted molar refractivity (Wildman–Crippen MR) is 55.2 cm³/mol.